The van der Waals surface area contributed by atoms with Gasteiger partial charge in [-0.15, -0.1) is 11.8 Å². The zero-order chi connectivity index (χ0) is 18.2. The van der Waals surface area contributed by atoms with E-state index in [9.17, 15) is 9.90 Å². The molecule has 0 aliphatic heterocycles. The van der Waals surface area contributed by atoms with Crippen LogP contribution in [-0.4, -0.2) is 41.3 Å². The Morgan fingerprint density at radius 2 is 1.84 bits per heavy atom. The molecule has 1 unspecified atom stereocenters. The van der Waals surface area contributed by atoms with Gasteiger partial charge >= 0.3 is 5.97 Å². The summed E-state index contributed by atoms with van der Waals surface area (Å²) in [7, 11) is 0. The molecule has 25 heavy (non-hydrogen) atoms. The number of rotatable bonds is 9. The van der Waals surface area contributed by atoms with Crippen molar-refractivity contribution in [3.63, 3.8) is 0 Å². The number of aliphatic hydroxyl groups is 1. The average molecular weight is 362 g/mol. The number of hydrogen-bond acceptors (Lipinski definition) is 5. The maximum absolute atomic E-state index is 10.5. The molecular weight excluding hydrogens is 340 g/mol. The fourth-order valence-electron chi connectivity index (χ4n) is 2.08. The Morgan fingerprint density at radius 1 is 1.12 bits per heavy atom. The molecule has 0 spiro atoms. The number of ether oxygens (including phenoxy) is 2. The molecule has 1 atom stereocenters. The Bertz CT molecular complexity index is 699. The quantitative estimate of drug-likeness (QED) is 0.667. The molecular formula is C19H22O5S. The van der Waals surface area contributed by atoms with Crippen LogP contribution >= 0.6 is 11.8 Å². The van der Waals surface area contributed by atoms with E-state index in [1.807, 2.05) is 50.2 Å². The van der Waals surface area contributed by atoms with E-state index in [2.05, 4.69) is 0 Å². The minimum absolute atomic E-state index is 0.231. The van der Waals surface area contributed by atoms with Crippen molar-refractivity contribution in [3.05, 3.63) is 53.6 Å². The molecule has 0 fully saturated rings. The molecule has 6 heteroatoms. The third kappa shape index (κ3) is 6.68. The van der Waals surface area contributed by atoms with Gasteiger partial charge in [-0.2, -0.15) is 0 Å². The summed E-state index contributed by atoms with van der Waals surface area (Å²) in [6, 6.07) is 13.2. The molecule has 0 amide bonds. The topological polar surface area (TPSA) is 76.0 Å². The summed E-state index contributed by atoms with van der Waals surface area (Å²) in [4.78, 5) is 11.5. The highest BCUT2D eigenvalue weighted by Crippen LogP contribution is 2.26. The molecule has 0 saturated carbocycles. The van der Waals surface area contributed by atoms with E-state index in [4.69, 9.17) is 14.6 Å². The number of carbonyl (C=O) groups is 1. The van der Waals surface area contributed by atoms with Crippen LogP contribution in [-0.2, 0) is 4.79 Å². The lowest BCUT2D eigenvalue weighted by Crippen LogP contribution is -2.20. The lowest BCUT2D eigenvalue weighted by Gasteiger charge is -2.13. The van der Waals surface area contributed by atoms with Gasteiger partial charge in [0, 0.05) is 10.6 Å². The molecule has 0 aliphatic carbocycles. The average Bonchev–Trinajstić information content (AvgIpc) is 2.58. The van der Waals surface area contributed by atoms with Crippen molar-refractivity contribution in [1.82, 2.24) is 0 Å². The molecule has 2 N–H and O–H groups in total. The lowest BCUT2D eigenvalue weighted by molar-refractivity contribution is -0.139. The SMILES string of the molecule is Cc1ccc(OCC(O)CSc2ccc(OCC(=O)O)c(C)c2)cc1. The lowest BCUT2D eigenvalue weighted by atomic mass is 10.2. The monoisotopic (exact) mass is 362 g/mol. The van der Waals surface area contributed by atoms with Gasteiger partial charge in [-0.3, -0.25) is 0 Å². The summed E-state index contributed by atoms with van der Waals surface area (Å²) >= 11 is 1.51. The highest BCUT2D eigenvalue weighted by atomic mass is 32.2. The largest absolute Gasteiger partial charge is 0.491 e. The number of benzene rings is 2. The molecule has 0 radical (unpaired) electrons. The van der Waals surface area contributed by atoms with Gasteiger partial charge in [-0.05, 0) is 49.7 Å². The molecule has 2 aromatic carbocycles. The minimum Gasteiger partial charge on any atom is -0.491 e. The zero-order valence-corrected chi connectivity index (χ0v) is 15.1. The number of aliphatic carboxylic acids is 1. The van der Waals surface area contributed by atoms with Crippen LogP contribution in [0, 0.1) is 13.8 Å². The third-order valence-corrected chi connectivity index (χ3v) is 4.54. The predicted molar refractivity (Wildman–Crippen MR) is 97.7 cm³/mol. The van der Waals surface area contributed by atoms with Gasteiger partial charge in [0.05, 0.1) is 6.10 Å². The second-order valence-electron chi connectivity index (χ2n) is 5.70. The predicted octanol–water partition coefficient (Wildman–Crippen LogP) is 3.30. The van der Waals surface area contributed by atoms with Crippen molar-refractivity contribution in [3.8, 4) is 11.5 Å². The third-order valence-electron chi connectivity index (χ3n) is 3.40. The van der Waals surface area contributed by atoms with E-state index < -0.39 is 12.1 Å². The Hall–Kier alpha value is -2.18. The highest BCUT2D eigenvalue weighted by Gasteiger charge is 2.09. The van der Waals surface area contributed by atoms with Gasteiger partial charge in [0.1, 0.15) is 18.1 Å². The van der Waals surface area contributed by atoms with Gasteiger partial charge < -0.3 is 19.7 Å². The van der Waals surface area contributed by atoms with Crippen LogP contribution in [0.25, 0.3) is 0 Å². The smallest absolute Gasteiger partial charge is 0.341 e. The summed E-state index contributed by atoms with van der Waals surface area (Å²) < 4.78 is 10.8. The summed E-state index contributed by atoms with van der Waals surface area (Å²) in [6.07, 6.45) is -0.588. The fraction of sp³-hybridized carbons (Fsp3) is 0.316. The van der Waals surface area contributed by atoms with E-state index in [-0.39, 0.29) is 13.2 Å². The first kappa shape index (κ1) is 19.1. The van der Waals surface area contributed by atoms with Crippen LogP contribution in [0.4, 0.5) is 0 Å². The molecule has 0 saturated heterocycles. The number of aryl methyl sites for hydroxylation is 2. The van der Waals surface area contributed by atoms with E-state index in [1.165, 1.54) is 11.8 Å². The van der Waals surface area contributed by atoms with E-state index in [0.717, 1.165) is 21.8 Å². The van der Waals surface area contributed by atoms with Crippen LogP contribution in [0.1, 0.15) is 11.1 Å². The summed E-state index contributed by atoms with van der Waals surface area (Å²) in [6.45, 7) is 3.74. The Morgan fingerprint density at radius 3 is 2.48 bits per heavy atom. The van der Waals surface area contributed by atoms with Gasteiger partial charge in [0.15, 0.2) is 6.61 Å². The normalized spacial score (nSPS) is 11.8. The highest BCUT2D eigenvalue weighted by molar-refractivity contribution is 7.99. The molecule has 0 aromatic heterocycles. The van der Waals surface area contributed by atoms with E-state index in [0.29, 0.717) is 11.5 Å². The first-order valence-electron chi connectivity index (χ1n) is 7.89. The van der Waals surface area contributed by atoms with Crippen molar-refractivity contribution in [2.24, 2.45) is 0 Å². The van der Waals surface area contributed by atoms with Gasteiger partial charge in [0.25, 0.3) is 0 Å². The summed E-state index contributed by atoms with van der Waals surface area (Å²) in [5.74, 6) is 0.788. The molecule has 134 valence electrons. The maximum atomic E-state index is 10.5. The second kappa shape index (κ2) is 9.34. The van der Waals surface area contributed by atoms with E-state index >= 15 is 0 Å². The van der Waals surface area contributed by atoms with Crippen molar-refractivity contribution in [1.29, 1.82) is 0 Å². The van der Waals surface area contributed by atoms with Crippen molar-refractivity contribution < 1.29 is 24.5 Å². The number of aliphatic hydroxyl groups excluding tert-OH is 1. The second-order valence-corrected chi connectivity index (χ2v) is 6.79. The Balaban J connectivity index is 1.78. The van der Waals surface area contributed by atoms with Crippen molar-refractivity contribution in [2.45, 2.75) is 24.8 Å². The molecule has 0 bridgehead atoms. The standard InChI is InChI=1S/C19H22O5S/c1-13-3-5-16(6-4-13)23-10-15(20)12-25-17-7-8-18(14(2)9-17)24-11-19(21)22/h3-9,15,20H,10-12H2,1-2H3,(H,21,22). The maximum Gasteiger partial charge on any atom is 0.341 e. The summed E-state index contributed by atoms with van der Waals surface area (Å²) in [5.41, 5.74) is 2.02. The van der Waals surface area contributed by atoms with Gasteiger partial charge in [-0.25, -0.2) is 4.79 Å². The van der Waals surface area contributed by atoms with Crippen molar-refractivity contribution >= 4 is 17.7 Å². The molecule has 0 heterocycles. The van der Waals surface area contributed by atoms with Gasteiger partial charge in [-0.1, -0.05) is 17.7 Å². The first-order valence-corrected chi connectivity index (χ1v) is 8.88. The number of carboxylic acids is 1. The zero-order valence-electron chi connectivity index (χ0n) is 14.3. The van der Waals surface area contributed by atoms with Crippen LogP contribution in [0.3, 0.4) is 0 Å². The Kier molecular flexibility index (Phi) is 7.16. The molecule has 2 aromatic rings. The number of thioether (sulfide) groups is 1. The molecule has 2 rings (SSSR count). The summed E-state index contributed by atoms with van der Waals surface area (Å²) in [5, 5.41) is 18.7. The van der Waals surface area contributed by atoms with Crippen molar-refractivity contribution in [2.75, 3.05) is 19.0 Å². The van der Waals surface area contributed by atoms with Gasteiger partial charge in [0.2, 0.25) is 0 Å². The molecule has 5 nitrogen and oxygen atoms in total. The van der Waals surface area contributed by atoms with Crippen LogP contribution in [0.15, 0.2) is 47.4 Å². The van der Waals surface area contributed by atoms with Crippen LogP contribution in [0.5, 0.6) is 11.5 Å². The Labute approximate surface area is 151 Å². The number of carboxylic acid groups (broad SMARTS) is 1. The number of hydrogen-bond donors (Lipinski definition) is 2. The minimum atomic E-state index is -1.01. The van der Waals surface area contributed by atoms with Crippen LogP contribution in [0.2, 0.25) is 0 Å². The van der Waals surface area contributed by atoms with E-state index in [1.54, 1.807) is 6.07 Å². The first-order chi connectivity index (χ1) is 11.9. The molecule has 0 aliphatic rings. The fourth-order valence-corrected chi connectivity index (χ4v) is 2.99. The van der Waals surface area contributed by atoms with Crippen LogP contribution < -0.4 is 9.47 Å².